The lowest BCUT2D eigenvalue weighted by Gasteiger charge is -2.34. The van der Waals surface area contributed by atoms with Crippen LogP contribution in [0.15, 0.2) is 0 Å². The number of anilines is 1. The maximum atomic E-state index is 13.0. The molecule has 0 aromatic carbocycles. The SMILES string of the molecule is CCc1nsc(N2CCCN(C(=O)C(CC)(CC)CN)CC2)n1. The van der Waals surface area contributed by atoms with Crippen molar-refractivity contribution in [2.45, 2.75) is 46.5 Å². The van der Waals surface area contributed by atoms with Crippen molar-refractivity contribution in [3.8, 4) is 0 Å². The fraction of sp³-hybridized carbons (Fsp3) is 0.812. The van der Waals surface area contributed by atoms with Crippen molar-refractivity contribution in [1.29, 1.82) is 0 Å². The molecule has 1 aromatic heterocycles. The number of hydrogen-bond donors (Lipinski definition) is 1. The number of rotatable bonds is 6. The Morgan fingerprint density at radius 2 is 1.96 bits per heavy atom. The predicted molar refractivity (Wildman–Crippen MR) is 94.8 cm³/mol. The molecular formula is C16H29N5OS. The van der Waals surface area contributed by atoms with Crippen molar-refractivity contribution >= 4 is 22.6 Å². The molecule has 2 N–H and O–H groups in total. The lowest BCUT2D eigenvalue weighted by atomic mass is 9.81. The Hall–Kier alpha value is -1.21. The Kier molecular flexibility index (Phi) is 6.35. The minimum Gasteiger partial charge on any atom is -0.345 e. The fourth-order valence-corrected chi connectivity index (χ4v) is 3.89. The van der Waals surface area contributed by atoms with Gasteiger partial charge in [0.25, 0.3) is 0 Å². The van der Waals surface area contributed by atoms with Gasteiger partial charge < -0.3 is 15.5 Å². The minimum absolute atomic E-state index is 0.221. The molecule has 0 radical (unpaired) electrons. The number of aromatic nitrogens is 2. The van der Waals surface area contributed by atoms with Crippen LogP contribution in [0.4, 0.5) is 5.13 Å². The molecule has 7 heteroatoms. The van der Waals surface area contributed by atoms with E-state index in [9.17, 15) is 4.79 Å². The van der Waals surface area contributed by atoms with E-state index in [0.717, 1.165) is 62.8 Å². The van der Waals surface area contributed by atoms with Crippen LogP contribution in [0, 0.1) is 5.41 Å². The third kappa shape index (κ3) is 3.83. The third-order valence-corrected chi connectivity index (χ3v) is 5.84. The number of carbonyl (C=O) groups is 1. The predicted octanol–water partition coefficient (Wildman–Crippen LogP) is 1.90. The molecule has 6 nitrogen and oxygen atoms in total. The van der Waals surface area contributed by atoms with Gasteiger partial charge in [-0.1, -0.05) is 20.8 Å². The van der Waals surface area contributed by atoms with Crippen molar-refractivity contribution in [2.24, 2.45) is 11.1 Å². The van der Waals surface area contributed by atoms with Crippen molar-refractivity contribution < 1.29 is 4.79 Å². The molecular weight excluding hydrogens is 310 g/mol. The Morgan fingerprint density at radius 1 is 1.22 bits per heavy atom. The van der Waals surface area contributed by atoms with Crippen molar-refractivity contribution in [1.82, 2.24) is 14.3 Å². The summed E-state index contributed by atoms with van der Waals surface area (Å²) in [6, 6.07) is 0. The Labute approximate surface area is 143 Å². The first-order chi connectivity index (χ1) is 11.1. The molecule has 2 heterocycles. The molecule has 0 saturated carbocycles. The van der Waals surface area contributed by atoms with E-state index in [1.54, 1.807) is 0 Å². The molecule has 0 bridgehead atoms. The first-order valence-corrected chi connectivity index (χ1v) is 9.44. The summed E-state index contributed by atoms with van der Waals surface area (Å²) in [5.41, 5.74) is 5.54. The van der Waals surface area contributed by atoms with Crippen LogP contribution in [-0.4, -0.2) is 52.9 Å². The molecule has 23 heavy (non-hydrogen) atoms. The zero-order chi connectivity index (χ0) is 16.9. The molecule has 0 unspecified atom stereocenters. The maximum absolute atomic E-state index is 13.0. The van der Waals surface area contributed by atoms with Crippen LogP contribution in [0.5, 0.6) is 0 Å². The van der Waals surface area contributed by atoms with Gasteiger partial charge in [-0.3, -0.25) is 4.79 Å². The van der Waals surface area contributed by atoms with E-state index in [1.807, 2.05) is 4.90 Å². The van der Waals surface area contributed by atoms with Gasteiger partial charge in [0, 0.05) is 50.7 Å². The maximum Gasteiger partial charge on any atom is 0.230 e. The summed E-state index contributed by atoms with van der Waals surface area (Å²) >= 11 is 1.46. The van der Waals surface area contributed by atoms with Gasteiger partial charge in [0.2, 0.25) is 11.0 Å². The molecule has 130 valence electrons. The molecule has 0 atom stereocenters. The second kappa shape index (κ2) is 8.06. The molecule has 1 aliphatic heterocycles. The van der Waals surface area contributed by atoms with Crippen LogP contribution in [-0.2, 0) is 11.2 Å². The lowest BCUT2D eigenvalue weighted by Crippen LogP contribution is -2.48. The van der Waals surface area contributed by atoms with Crippen LogP contribution in [0.1, 0.15) is 45.9 Å². The number of aryl methyl sites for hydroxylation is 1. The highest BCUT2D eigenvalue weighted by Crippen LogP contribution is 2.29. The monoisotopic (exact) mass is 339 g/mol. The lowest BCUT2D eigenvalue weighted by molar-refractivity contribution is -0.142. The van der Waals surface area contributed by atoms with E-state index in [0.29, 0.717) is 6.54 Å². The normalized spacial score (nSPS) is 16.5. The van der Waals surface area contributed by atoms with Crippen LogP contribution in [0.25, 0.3) is 0 Å². The summed E-state index contributed by atoms with van der Waals surface area (Å²) in [6.07, 6.45) is 3.42. The summed E-state index contributed by atoms with van der Waals surface area (Å²) in [6.45, 7) is 9.90. The van der Waals surface area contributed by atoms with Gasteiger partial charge in [0.1, 0.15) is 5.82 Å². The van der Waals surface area contributed by atoms with Gasteiger partial charge in [-0.05, 0) is 19.3 Å². The van der Waals surface area contributed by atoms with Crippen LogP contribution in [0.2, 0.25) is 0 Å². The van der Waals surface area contributed by atoms with Gasteiger partial charge in [-0.2, -0.15) is 4.37 Å². The zero-order valence-corrected chi connectivity index (χ0v) is 15.4. The van der Waals surface area contributed by atoms with Crippen molar-refractivity contribution in [3.63, 3.8) is 0 Å². The number of nitrogens with two attached hydrogens (primary N) is 1. The minimum atomic E-state index is -0.396. The summed E-state index contributed by atoms with van der Waals surface area (Å²) in [7, 11) is 0. The molecule has 1 amide bonds. The number of amides is 1. The Morgan fingerprint density at radius 3 is 2.52 bits per heavy atom. The number of nitrogens with zero attached hydrogens (tertiary/aromatic N) is 4. The van der Waals surface area contributed by atoms with E-state index < -0.39 is 5.41 Å². The number of hydrogen-bond acceptors (Lipinski definition) is 6. The summed E-state index contributed by atoms with van der Waals surface area (Å²) in [5.74, 6) is 1.12. The topological polar surface area (TPSA) is 75.4 Å². The molecule has 1 fully saturated rings. The van der Waals surface area contributed by atoms with E-state index in [2.05, 4.69) is 35.0 Å². The molecule has 1 aliphatic rings. The molecule has 2 rings (SSSR count). The van der Waals surface area contributed by atoms with E-state index in [1.165, 1.54) is 11.5 Å². The van der Waals surface area contributed by atoms with Crippen LogP contribution in [0.3, 0.4) is 0 Å². The van der Waals surface area contributed by atoms with Gasteiger partial charge in [0.05, 0.1) is 5.41 Å². The average Bonchev–Trinajstić information content (AvgIpc) is 2.93. The van der Waals surface area contributed by atoms with Crippen molar-refractivity contribution in [3.05, 3.63) is 5.82 Å². The molecule has 1 aromatic rings. The first kappa shape index (κ1) is 18.1. The summed E-state index contributed by atoms with van der Waals surface area (Å²) < 4.78 is 4.37. The van der Waals surface area contributed by atoms with E-state index in [-0.39, 0.29) is 5.91 Å². The standard InChI is InChI=1S/C16H29N5OS/c1-4-13-18-15(23-19-13)21-9-7-8-20(10-11-21)14(22)16(5-2,6-3)12-17/h4-12,17H2,1-3H3. The zero-order valence-electron chi connectivity index (χ0n) is 14.5. The van der Waals surface area contributed by atoms with Crippen LogP contribution < -0.4 is 10.6 Å². The second-order valence-electron chi connectivity index (χ2n) is 6.17. The van der Waals surface area contributed by atoms with Gasteiger partial charge in [-0.25, -0.2) is 4.98 Å². The highest BCUT2D eigenvalue weighted by atomic mass is 32.1. The third-order valence-electron chi connectivity index (χ3n) is 5.03. The van der Waals surface area contributed by atoms with Crippen molar-refractivity contribution in [2.75, 3.05) is 37.6 Å². The van der Waals surface area contributed by atoms with Gasteiger partial charge in [-0.15, -0.1) is 0 Å². The molecule has 1 saturated heterocycles. The summed E-state index contributed by atoms with van der Waals surface area (Å²) in [5, 5.41) is 0.979. The Balaban J connectivity index is 2.04. The van der Waals surface area contributed by atoms with Gasteiger partial charge in [0.15, 0.2) is 0 Å². The van der Waals surface area contributed by atoms with Crippen LogP contribution >= 0.6 is 11.5 Å². The average molecular weight is 340 g/mol. The highest BCUT2D eigenvalue weighted by Gasteiger charge is 2.37. The smallest absolute Gasteiger partial charge is 0.230 e. The van der Waals surface area contributed by atoms with E-state index in [4.69, 9.17) is 5.73 Å². The molecule has 0 aliphatic carbocycles. The quantitative estimate of drug-likeness (QED) is 0.857. The van der Waals surface area contributed by atoms with E-state index >= 15 is 0 Å². The highest BCUT2D eigenvalue weighted by molar-refractivity contribution is 7.09. The van der Waals surface area contributed by atoms with Gasteiger partial charge >= 0.3 is 0 Å². The largest absolute Gasteiger partial charge is 0.345 e. The summed E-state index contributed by atoms with van der Waals surface area (Å²) in [4.78, 5) is 21.8. The Bertz CT molecular complexity index is 506. The second-order valence-corrected chi connectivity index (χ2v) is 6.90. The fourth-order valence-electron chi connectivity index (χ4n) is 3.09. The number of carbonyl (C=O) groups excluding carboxylic acids is 1. The first-order valence-electron chi connectivity index (χ1n) is 8.67. The molecule has 0 spiro atoms.